The highest BCUT2D eigenvalue weighted by atomic mass is 35.5. The van der Waals surface area contributed by atoms with Gasteiger partial charge in [-0.05, 0) is 97.7 Å². The van der Waals surface area contributed by atoms with E-state index in [9.17, 15) is 18.3 Å². The lowest BCUT2D eigenvalue weighted by atomic mass is 9.69. The molecular formula is C32H41ClN2O5S. The first-order chi connectivity index (χ1) is 19.6. The molecule has 0 saturated heterocycles. The number of aliphatic hydroxyl groups is 1. The monoisotopic (exact) mass is 600 g/mol. The van der Waals surface area contributed by atoms with Crippen molar-refractivity contribution in [2.45, 2.75) is 58.2 Å². The molecule has 1 aliphatic heterocycles. The van der Waals surface area contributed by atoms with Gasteiger partial charge in [-0.2, -0.15) is 0 Å². The first kappa shape index (κ1) is 31.1. The Kier molecular flexibility index (Phi) is 10.6. The highest BCUT2D eigenvalue weighted by molar-refractivity contribution is 7.90. The minimum Gasteiger partial charge on any atom is -0.487 e. The van der Waals surface area contributed by atoms with Gasteiger partial charge >= 0.3 is 0 Å². The topological polar surface area (TPSA) is 95.9 Å². The standard InChI is InChI=1S/C32H41ClN2O5S/c1-4-8-30(36)28-14-11-25(28)19-35-16-7-6-9-23-17-27(33)13-10-26(23)20-40-31-15-12-24(18-29(31)35)32(37)34-41(38,39)21-22(3)5-2/h4-5,10,12-13,15,17-18,22,25,28,30,36H,1-2,6-9,11,14,16,19-21H2,3H3,(H,34,37)/t22-,25+,28-,30+/m1/s1. The maximum Gasteiger partial charge on any atom is 0.264 e. The number of hydrogen-bond acceptors (Lipinski definition) is 6. The normalized spacial score (nSPS) is 20.6. The van der Waals surface area contributed by atoms with E-state index in [-0.39, 0.29) is 29.1 Å². The van der Waals surface area contributed by atoms with Crippen LogP contribution in [0.1, 0.15) is 60.5 Å². The minimum absolute atomic E-state index is 0.186. The Hall–Kier alpha value is -2.81. The number of carbonyl (C=O) groups is 1. The molecular weight excluding hydrogens is 560 g/mol. The fourth-order valence-electron chi connectivity index (χ4n) is 5.69. The SMILES string of the molecule is C=CC[C@H](O)[C@@H]1CC[C@H]1CN1CCCCc2cc(Cl)ccc2COc2ccc(C(=O)NS(=O)(=O)C[C@H](C)C=C)cc21. The molecule has 2 N–H and O–H groups in total. The molecule has 4 rings (SSSR count). The second kappa shape index (κ2) is 13.9. The smallest absolute Gasteiger partial charge is 0.264 e. The minimum atomic E-state index is -3.84. The lowest BCUT2D eigenvalue weighted by molar-refractivity contribution is 0.0181. The third-order valence-corrected chi connectivity index (χ3v) is 9.90. The van der Waals surface area contributed by atoms with Gasteiger partial charge in [0.1, 0.15) is 12.4 Å². The Bertz CT molecular complexity index is 1360. The number of rotatable bonds is 10. The number of allylic oxidation sites excluding steroid dienone is 1. The number of halogens is 1. The van der Waals surface area contributed by atoms with Crippen LogP contribution in [0.3, 0.4) is 0 Å². The number of anilines is 1. The molecule has 9 heteroatoms. The summed E-state index contributed by atoms with van der Waals surface area (Å²) in [6.07, 6.45) is 8.15. The van der Waals surface area contributed by atoms with Crippen LogP contribution >= 0.6 is 11.6 Å². The molecule has 7 nitrogen and oxygen atoms in total. The molecule has 0 radical (unpaired) electrons. The second-order valence-corrected chi connectivity index (χ2v) is 13.5. The maximum atomic E-state index is 13.1. The summed E-state index contributed by atoms with van der Waals surface area (Å²) in [6, 6.07) is 10.9. The van der Waals surface area contributed by atoms with Crippen LogP contribution in [-0.2, 0) is 23.1 Å². The molecule has 1 aliphatic carbocycles. The van der Waals surface area contributed by atoms with E-state index in [1.807, 2.05) is 18.2 Å². The quantitative estimate of drug-likeness (QED) is 0.329. The van der Waals surface area contributed by atoms with E-state index in [1.165, 1.54) is 0 Å². The Morgan fingerprint density at radius 2 is 2.00 bits per heavy atom. The zero-order valence-corrected chi connectivity index (χ0v) is 25.3. The molecule has 41 heavy (non-hydrogen) atoms. The van der Waals surface area contributed by atoms with Gasteiger partial charge in [0.2, 0.25) is 10.0 Å². The third-order valence-electron chi connectivity index (χ3n) is 8.20. The van der Waals surface area contributed by atoms with Crippen molar-refractivity contribution in [3.05, 3.63) is 83.4 Å². The van der Waals surface area contributed by atoms with Crippen molar-refractivity contribution < 1.29 is 23.1 Å². The van der Waals surface area contributed by atoms with Crippen LogP contribution in [0.25, 0.3) is 0 Å². The van der Waals surface area contributed by atoms with Gasteiger partial charge in [0, 0.05) is 23.7 Å². The number of nitrogens with one attached hydrogen (secondary N) is 1. The molecule has 1 saturated carbocycles. The average Bonchev–Trinajstić information content (AvgIpc) is 2.93. The lowest BCUT2D eigenvalue weighted by Gasteiger charge is -2.43. The number of sulfonamides is 1. The summed E-state index contributed by atoms with van der Waals surface area (Å²) in [5.41, 5.74) is 3.21. The number of amides is 1. The highest BCUT2D eigenvalue weighted by Gasteiger charge is 2.37. The maximum absolute atomic E-state index is 13.1. The summed E-state index contributed by atoms with van der Waals surface area (Å²) in [6.45, 7) is 10.9. The molecule has 1 heterocycles. The number of hydrogen-bond donors (Lipinski definition) is 2. The highest BCUT2D eigenvalue weighted by Crippen LogP contribution is 2.41. The molecule has 0 bridgehead atoms. The van der Waals surface area contributed by atoms with Crippen molar-refractivity contribution in [3.8, 4) is 5.75 Å². The largest absolute Gasteiger partial charge is 0.487 e. The first-order valence-electron chi connectivity index (χ1n) is 14.4. The fourth-order valence-corrected chi connectivity index (χ4v) is 7.20. The van der Waals surface area contributed by atoms with Gasteiger partial charge < -0.3 is 14.7 Å². The second-order valence-electron chi connectivity index (χ2n) is 11.3. The zero-order chi connectivity index (χ0) is 29.6. The molecule has 222 valence electrons. The summed E-state index contributed by atoms with van der Waals surface area (Å²) in [5.74, 6) is -0.0952. The number of ether oxygens (including phenoxy) is 1. The van der Waals surface area contributed by atoms with E-state index < -0.39 is 22.0 Å². The van der Waals surface area contributed by atoms with E-state index in [1.54, 1.807) is 37.3 Å². The van der Waals surface area contributed by atoms with Crippen molar-refractivity contribution in [2.75, 3.05) is 23.7 Å². The van der Waals surface area contributed by atoms with E-state index in [0.29, 0.717) is 30.3 Å². The summed E-state index contributed by atoms with van der Waals surface area (Å²) >= 11 is 6.29. The number of fused-ring (bicyclic) bond motifs is 2. The van der Waals surface area contributed by atoms with E-state index >= 15 is 0 Å². The van der Waals surface area contributed by atoms with E-state index in [0.717, 1.165) is 55.5 Å². The summed E-state index contributed by atoms with van der Waals surface area (Å²) in [4.78, 5) is 15.4. The molecule has 2 aromatic rings. The molecule has 1 fully saturated rings. The molecule has 1 amide bonds. The number of carbonyl (C=O) groups excluding carboxylic acids is 1. The van der Waals surface area contributed by atoms with Gasteiger partial charge in [0.25, 0.3) is 5.91 Å². The van der Waals surface area contributed by atoms with Gasteiger partial charge in [-0.15, -0.1) is 13.2 Å². The molecule has 0 spiro atoms. The van der Waals surface area contributed by atoms with Crippen LogP contribution in [-0.4, -0.2) is 44.4 Å². The lowest BCUT2D eigenvalue weighted by Crippen LogP contribution is -2.43. The number of aryl methyl sites for hydroxylation is 1. The van der Waals surface area contributed by atoms with Gasteiger partial charge in [-0.25, -0.2) is 13.1 Å². The van der Waals surface area contributed by atoms with Crippen LogP contribution in [0, 0.1) is 17.8 Å². The van der Waals surface area contributed by atoms with Crippen LogP contribution in [0.15, 0.2) is 61.7 Å². The predicted molar refractivity (Wildman–Crippen MR) is 165 cm³/mol. The van der Waals surface area contributed by atoms with E-state index in [2.05, 4.69) is 22.8 Å². The molecule has 0 aromatic heterocycles. The van der Waals surface area contributed by atoms with Crippen LogP contribution in [0.2, 0.25) is 5.02 Å². The molecule has 2 aliphatic rings. The number of benzene rings is 2. The average molecular weight is 601 g/mol. The van der Waals surface area contributed by atoms with Gasteiger partial charge in [-0.1, -0.05) is 36.7 Å². The number of nitrogens with zero attached hydrogens (tertiary/aromatic N) is 1. The summed E-state index contributed by atoms with van der Waals surface area (Å²) in [7, 11) is -3.84. The third kappa shape index (κ3) is 8.15. The summed E-state index contributed by atoms with van der Waals surface area (Å²) < 4.78 is 33.7. The first-order valence-corrected chi connectivity index (χ1v) is 16.4. The van der Waals surface area contributed by atoms with Gasteiger partial charge in [0.05, 0.1) is 17.5 Å². The number of aliphatic hydroxyl groups excluding tert-OH is 1. The zero-order valence-electron chi connectivity index (χ0n) is 23.7. The van der Waals surface area contributed by atoms with Crippen molar-refractivity contribution >= 4 is 33.2 Å². The molecule has 0 unspecified atom stereocenters. The van der Waals surface area contributed by atoms with Crippen LogP contribution < -0.4 is 14.4 Å². The molecule has 2 aromatic carbocycles. The van der Waals surface area contributed by atoms with Crippen molar-refractivity contribution in [2.24, 2.45) is 17.8 Å². The Balaban J connectivity index is 1.65. The fraction of sp³-hybridized carbons (Fsp3) is 0.469. The van der Waals surface area contributed by atoms with Crippen LogP contribution in [0.5, 0.6) is 5.75 Å². The van der Waals surface area contributed by atoms with Crippen molar-refractivity contribution in [3.63, 3.8) is 0 Å². The predicted octanol–water partition coefficient (Wildman–Crippen LogP) is 5.91. The Labute approximate surface area is 249 Å². The van der Waals surface area contributed by atoms with Crippen LogP contribution in [0.4, 0.5) is 5.69 Å². The Morgan fingerprint density at radius 3 is 2.71 bits per heavy atom. The van der Waals surface area contributed by atoms with Crippen molar-refractivity contribution in [1.29, 1.82) is 0 Å². The van der Waals surface area contributed by atoms with Gasteiger partial charge in [0.15, 0.2) is 0 Å². The van der Waals surface area contributed by atoms with E-state index in [4.69, 9.17) is 16.3 Å². The molecule has 4 atom stereocenters. The van der Waals surface area contributed by atoms with Crippen molar-refractivity contribution in [1.82, 2.24) is 4.72 Å². The Morgan fingerprint density at radius 1 is 1.20 bits per heavy atom. The van der Waals surface area contributed by atoms with Gasteiger partial charge in [-0.3, -0.25) is 4.79 Å². The summed E-state index contributed by atoms with van der Waals surface area (Å²) in [5, 5.41) is 11.4.